The number of ether oxygens (including phenoxy) is 1. The summed E-state index contributed by atoms with van der Waals surface area (Å²) < 4.78 is 9.58. The monoisotopic (exact) mass is 690 g/mol. The molecule has 242 valence electrons. The maximum Gasteiger partial charge on any atom is 0.165 e. The quantitative estimate of drug-likeness (QED) is 0.172. The summed E-state index contributed by atoms with van der Waals surface area (Å²) in [6, 6.07) is 64.8. The van der Waals surface area contributed by atoms with Crippen LogP contribution in [-0.2, 0) is 0 Å². The van der Waals surface area contributed by atoms with Crippen molar-refractivity contribution in [3.8, 4) is 11.5 Å². The number of anilines is 6. The smallest absolute Gasteiger partial charge is 0.165 e. The number of benzene rings is 8. The summed E-state index contributed by atoms with van der Waals surface area (Å²) in [5.41, 5.74) is 6.30. The minimum Gasteiger partial charge on any atom is -0.453 e. The van der Waals surface area contributed by atoms with E-state index in [0.717, 1.165) is 55.4 Å². The molecule has 5 heteroatoms. The van der Waals surface area contributed by atoms with Crippen LogP contribution in [0.2, 0.25) is 0 Å². The Morgan fingerprint density at radius 2 is 1.02 bits per heavy atom. The van der Waals surface area contributed by atoms with E-state index < -0.39 is 0 Å². The molecule has 0 saturated heterocycles. The highest BCUT2D eigenvalue weighted by Gasteiger charge is 2.29. The van der Waals surface area contributed by atoms with Crippen LogP contribution in [0.1, 0.15) is 0 Å². The first-order valence-electron chi connectivity index (χ1n) is 17.0. The van der Waals surface area contributed by atoms with Crippen molar-refractivity contribution in [3.63, 3.8) is 0 Å². The molecular weight excluding hydrogens is 661 g/mol. The fourth-order valence-electron chi connectivity index (χ4n) is 7.13. The Kier molecular flexibility index (Phi) is 7.26. The summed E-state index contributed by atoms with van der Waals surface area (Å²) in [5.74, 6) is 1.71. The van der Waals surface area contributed by atoms with Crippen LogP contribution in [0, 0.1) is 0 Å². The molecule has 0 spiro atoms. The van der Waals surface area contributed by atoms with Gasteiger partial charge < -0.3 is 14.5 Å². The van der Waals surface area contributed by atoms with Gasteiger partial charge in [-0.15, -0.1) is 11.3 Å². The van der Waals surface area contributed by atoms with E-state index in [1.807, 2.05) is 11.3 Å². The number of hydrogen-bond donors (Lipinski definition) is 0. The van der Waals surface area contributed by atoms with Crippen molar-refractivity contribution in [1.29, 1.82) is 0 Å². The van der Waals surface area contributed by atoms with Gasteiger partial charge in [-0.3, -0.25) is 0 Å². The van der Waals surface area contributed by atoms with Gasteiger partial charge in [0.05, 0.1) is 15.5 Å². The lowest BCUT2D eigenvalue weighted by Gasteiger charge is -2.33. The number of fused-ring (bicyclic) bond motifs is 7. The highest BCUT2D eigenvalue weighted by atomic mass is 32.2. The molecule has 1 aliphatic rings. The van der Waals surface area contributed by atoms with Crippen molar-refractivity contribution in [2.75, 3.05) is 9.80 Å². The summed E-state index contributed by atoms with van der Waals surface area (Å²) in [7, 11) is 0. The first kappa shape index (κ1) is 29.9. The van der Waals surface area contributed by atoms with Crippen LogP contribution in [-0.4, -0.2) is 0 Å². The van der Waals surface area contributed by atoms with Crippen LogP contribution in [0.5, 0.6) is 11.5 Å². The summed E-state index contributed by atoms with van der Waals surface area (Å²) >= 11 is 3.63. The van der Waals surface area contributed by atoms with Crippen molar-refractivity contribution in [3.05, 3.63) is 182 Å². The SMILES string of the molecule is c1ccc(N(c2cc3c(c(N(c4ccccc4)c4ccccc4)c2)Oc2ccc4ccccc4c2S3)c2ccc3sc4ccccc4c3c2)cc1. The van der Waals surface area contributed by atoms with Gasteiger partial charge in [0, 0.05) is 48.6 Å². The molecule has 10 rings (SSSR count). The Bertz CT molecular complexity index is 2670. The molecule has 0 amide bonds. The summed E-state index contributed by atoms with van der Waals surface area (Å²) in [6.07, 6.45) is 0. The Morgan fingerprint density at radius 3 is 1.75 bits per heavy atom. The minimum atomic E-state index is 0.839. The average Bonchev–Trinajstić information content (AvgIpc) is 3.57. The van der Waals surface area contributed by atoms with Gasteiger partial charge in [-0.25, -0.2) is 0 Å². The van der Waals surface area contributed by atoms with E-state index in [4.69, 9.17) is 4.74 Å². The van der Waals surface area contributed by atoms with Crippen LogP contribution in [0.3, 0.4) is 0 Å². The fraction of sp³-hybridized carbons (Fsp3) is 0. The predicted octanol–water partition coefficient (Wildman–Crippen LogP) is 14.4. The third-order valence-corrected chi connectivity index (χ3v) is 11.7. The number of thiophene rings is 1. The molecule has 51 heavy (non-hydrogen) atoms. The molecule has 0 aliphatic carbocycles. The summed E-state index contributed by atoms with van der Waals surface area (Å²) in [4.78, 5) is 6.88. The van der Waals surface area contributed by atoms with E-state index in [0.29, 0.717) is 0 Å². The van der Waals surface area contributed by atoms with E-state index in [9.17, 15) is 0 Å². The number of nitrogens with zero attached hydrogens (tertiary/aromatic N) is 2. The molecule has 1 aromatic heterocycles. The second-order valence-corrected chi connectivity index (χ2v) is 14.7. The molecule has 0 atom stereocenters. The van der Waals surface area contributed by atoms with Crippen molar-refractivity contribution in [2.24, 2.45) is 0 Å². The van der Waals surface area contributed by atoms with Crippen molar-refractivity contribution in [2.45, 2.75) is 9.79 Å². The maximum absolute atomic E-state index is 7.00. The van der Waals surface area contributed by atoms with E-state index >= 15 is 0 Å². The number of hydrogen-bond acceptors (Lipinski definition) is 5. The molecule has 2 heterocycles. The third kappa shape index (κ3) is 5.21. The van der Waals surface area contributed by atoms with Crippen LogP contribution < -0.4 is 14.5 Å². The summed E-state index contributed by atoms with van der Waals surface area (Å²) in [6.45, 7) is 0. The largest absolute Gasteiger partial charge is 0.453 e. The van der Waals surface area contributed by atoms with Crippen molar-refractivity contribution >= 4 is 88.2 Å². The average molecular weight is 691 g/mol. The zero-order valence-electron chi connectivity index (χ0n) is 27.4. The number of rotatable bonds is 6. The van der Waals surface area contributed by atoms with Crippen LogP contribution in [0.15, 0.2) is 192 Å². The Morgan fingerprint density at radius 1 is 0.412 bits per heavy atom. The van der Waals surface area contributed by atoms with Crippen LogP contribution in [0.25, 0.3) is 30.9 Å². The van der Waals surface area contributed by atoms with Gasteiger partial charge >= 0.3 is 0 Å². The maximum atomic E-state index is 7.00. The van der Waals surface area contributed by atoms with Gasteiger partial charge in [-0.05, 0) is 89.6 Å². The predicted molar refractivity (Wildman–Crippen MR) is 217 cm³/mol. The fourth-order valence-corrected chi connectivity index (χ4v) is 9.37. The molecule has 9 aromatic rings. The van der Waals surface area contributed by atoms with Gasteiger partial charge in [0.15, 0.2) is 5.75 Å². The second-order valence-electron chi connectivity index (χ2n) is 12.6. The topological polar surface area (TPSA) is 15.7 Å². The first-order chi connectivity index (χ1) is 25.3. The lowest BCUT2D eigenvalue weighted by atomic mass is 10.1. The molecule has 3 nitrogen and oxygen atoms in total. The third-order valence-electron chi connectivity index (χ3n) is 9.45. The van der Waals surface area contributed by atoms with E-state index in [1.165, 1.54) is 30.9 Å². The van der Waals surface area contributed by atoms with Crippen molar-refractivity contribution in [1.82, 2.24) is 0 Å². The standard InChI is InChI=1S/C46H30N2OS2/c1-4-15-32(16-5-1)47(35-25-27-43-39(28-35)38-22-12-13-23-42(38)50-43)36-29-40(48(33-17-6-2-7-18-33)34-19-8-3-9-20-34)45-44(30-36)51-46-37-21-11-10-14-31(37)24-26-41(46)49-45/h1-30H. The van der Waals surface area contributed by atoms with Gasteiger partial charge in [0.1, 0.15) is 5.75 Å². The van der Waals surface area contributed by atoms with Gasteiger partial charge in [-0.2, -0.15) is 0 Å². The molecule has 0 N–H and O–H groups in total. The highest BCUT2D eigenvalue weighted by molar-refractivity contribution is 7.99. The molecule has 0 saturated carbocycles. The van der Waals surface area contributed by atoms with E-state index in [-0.39, 0.29) is 0 Å². The van der Waals surface area contributed by atoms with Gasteiger partial charge in [0.2, 0.25) is 0 Å². The van der Waals surface area contributed by atoms with Crippen LogP contribution in [0.4, 0.5) is 34.1 Å². The van der Waals surface area contributed by atoms with E-state index in [1.54, 1.807) is 11.8 Å². The minimum absolute atomic E-state index is 0.839. The Hall–Kier alpha value is -6.01. The molecule has 1 aliphatic heterocycles. The zero-order valence-corrected chi connectivity index (χ0v) is 29.1. The highest BCUT2D eigenvalue weighted by Crippen LogP contribution is 2.57. The lowest BCUT2D eigenvalue weighted by Crippen LogP contribution is -2.15. The summed E-state index contributed by atoms with van der Waals surface area (Å²) in [5, 5.41) is 4.94. The zero-order chi connectivity index (χ0) is 33.7. The molecule has 0 unspecified atom stereocenters. The second kappa shape index (κ2) is 12.4. The normalized spacial score (nSPS) is 12.0. The molecule has 8 aromatic carbocycles. The van der Waals surface area contributed by atoms with Crippen molar-refractivity contribution < 1.29 is 4.74 Å². The molecular formula is C46H30N2OS2. The van der Waals surface area contributed by atoms with Gasteiger partial charge in [0.25, 0.3) is 0 Å². The van der Waals surface area contributed by atoms with E-state index in [2.05, 4.69) is 192 Å². The number of para-hydroxylation sites is 3. The lowest BCUT2D eigenvalue weighted by molar-refractivity contribution is 0.457. The Balaban J connectivity index is 1.24. The molecule has 0 fully saturated rings. The van der Waals surface area contributed by atoms with Gasteiger partial charge in [-0.1, -0.05) is 115 Å². The Labute approximate surface area is 304 Å². The first-order valence-corrected chi connectivity index (χ1v) is 18.6. The molecule has 0 bridgehead atoms. The molecule has 0 radical (unpaired) electrons. The van der Waals surface area contributed by atoms with Crippen LogP contribution >= 0.6 is 23.1 Å².